The highest BCUT2D eigenvalue weighted by atomic mass is 127. The lowest BCUT2D eigenvalue weighted by Gasteiger charge is -2.14. The zero-order valence-corrected chi connectivity index (χ0v) is 19.4. The molecule has 6 nitrogen and oxygen atoms in total. The second-order valence-corrected chi connectivity index (χ2v) is 6.42. The quantitative estimate of drug-likeness (QED) is 0.333. The zero-order valence-electron chi connectivity index (χ0n) is 17.1. The third-order valence-corrected chi connectivity index (χ3v) is 4.29. The Kier molecular flexibility index (Phi) is 9.90. The van der Waals surface area contributed by atoms with Crippen LogP contribution in [0.4, 0.5) is 0 Å². The highest BCUT2D eigenvalue weighted by Gasteiger charge is 2.10. The molecule has 0 atom stereocenters. The van der Waals surface area contributed by atoms with Crippen LogP contribution in [0.3, 0.4) is 0 Å². The van der Waals surface area contributed by atoms with Crippen LogP contribution in [0, 0.1) is 0 Å². The summed E-state index contributed by atoms with van der Waals surface area (Å²) in [4.78, 5) is 4.70. The van der Waals surface area contributed by atoms with Crippen molar-refractivity contribution in [3.05, 3.63) is 53.6 Å². The summed E-state index contributed by atoms with van der Waals surface area (Å²) in [5.41, 5.74) is 2.18. The Hall–Kier alpha value is -2.16. The van der Waals surface area contributed by atoms with Gasteiger partial charge in [0.05, 0.1) is 26.4 Å². The van der Waals surface area contributed by atoms with Crippen molar-refractivity contribution in [1.29, 1.82) is 0 Å². The number of guanidine groups is 1. The van der Waals surface area contributed by atoms with Crippen LogP contribution >= 0.6 is 24.0 Å². The Morgan fingerprint density at radius 3 is 2.62 bits per heavy atom. The lowest BCUT2D eigenvalue weighted by molar-refractivity contribution is 0.297. The molecule has 0 radical (unpaired) electrons. The molecule has 0 unspecified atom stereocenters. The maximum atomic E-state index is 5.77. The van der Waals surface area contributed by atoms with Crippen molar-refractivity contribution >= 4 is 29.9 Å². The van der Waals surface area contributed by atoms with Gasteiger partial charge in [-0.25, -0.2) is 4.99 Å². The first-order valence-corrected chi connectivity index (χ1v) is 9.91. The maximum absolute atomic E-state index is 5.77. The van der Waals surface area contributed by atoms with Gasteiger partial charge in [0.1, 0.15) is 5.75 Å². The average molecular weight is 511 g/mol. The van der Waals surface area contributed by atoms with E-state index in [4.69, 9.17) is 19.2 Å². The third kappa shape index (κ3) is 6.99. The van der Waals surface area contributed by atoms with Crippen LogP contribution in [0.25, 0.3) is 0 Å². The van der Waals surface area contributed by atoms with Gasteiger partial charge in [0.2, 0.25) is 0 Å². The van der Waals surface area contributed by atoms with Crippen LogP contribution in [0.1, 0.15) is 31.4 Å². The van der Waals surface area contributed by atoms with Crippen molar-refractivity contribution < 1.29 is 14.2 Å². The molecule has 2 N–H and O–H groups in total. The molecule has 0 amide bonds. The van der Waals surface area contributed by atoms with Gasteiger partial charge in [-0.3, -0.25) is 0 Å². The molecule has 0 saturated carbocycles. The summed E-state index contributed by atoms with van der Waals surface area (Å²) in [6.45, 7) is 8.06. The number of halogens is 1. The van der Waals surface area contributed by atoms with E-state index in [9.17, 15) is 0 Å². The number of para-hydroxylation sites is 1. The van der Waals surface area contributed by atoms with Crippen molar-refractivity contribution in [2.24, 2.45) is 4.99 Å². The van der Waals surface area contributed by atoms with E-state index in [-0.39, 0.29) is 24.0 Å². The normalized spacial score (nSPS) is 13.1. The minimum atomic E-state index is 0. The summed E-state index contributed by atoms with van der Waals surface area (Å²) in [7, 11) is 0. The smallest absolute Gasteiger partial charge is 0.191 e. The van der Waals surface area contributed by atoms with Gasteiger partial charge < -0.3 is 24.8 Å². The van der Waals surface area contributed by atoms with E-state index in [0.717, 1.165) is 47.3 Å². The summed E-state index contributed by atoms with van der Waals surface area (Å²) in [5.74, 6) is 3.27. The fraction of sp³-hybridized carbons (Fsp3) is 0.409. The Balaban J connectivity index is 0.00000300. The Morgan fingerprint density at radius 1 is 1.03 bits per heavy atom. The lowest BCUT2D eigenvalue weighted by atomic mass is 10.2. The van der Waals surface area contributed by atoms with Gasteiger partial charge in [0, 0.05) is 25.1 Å². The molecule has 0 saturated heterocycles. The molecule has 1 aliphatic heterocycles. The Morgan fingerprint density at radius 2 is 1.83 bits per heavy atom. The monoisotopic (exact) mass is 511 g/mol. The second-order valence-electron chi connectivity index (χ2n) is 6.42. The largest absolute Gasteiger partial charge is 0.494 e. The molecular formula is C22H30IN3O3. The summed E-state index contributed by atoms with van der Waals surface area (Å²) < 4.78 is 17.2. The van der Waals surface area contributed by atoms with Crippen LogP contribution in [0.2, 0.25) is 0 Å². The number of ether oxygens (including phenoxy) is 3. The molecule has 3 rings (SSSR count). The van der Waals surface area contributed by atoms with Gasteiger partial charge >= 0.3 is 0 Å². The molecule has 0 aromatic heterocycles. The highest BCUT2D eigenvalue weighted by molar-refractivity contribution is 14.0. The molecule has 1 aliphatic rings. The average Bonchev–Trinajstić information content (AvgIpc) is 2.96. The summed E-state index contributed by atoms with van der Waals surface area (Å²) in [5, 5.41) is 6.67. The molecule has 0 spiro atoms. The minimum absolute atomic E-state index is 0. The molecule has 0 fully saturated rings. The first kappa shape index (κ1) is 23.1. The summed E-state index contributed by atoms with van der Waals surface area (Å²) in [6.07, 6.45) is 0.903. The second kappa shape index (κ2) is 12.4. The maximum Gasteiger partial charge on any atom is 0.191 e. The number of benzene rings is 2. The van der Waals surface area contributed by atoms with Crippen LogP contribution in [-0.4, -0.2) is 32.3 Å². The van der Waals surface area contributed by atoms with E-state index in [0.29, 0.717) is 32.9 Å². The van der Waals surface area contributed by atoms with Crippen LogP contribution in [0.5, 0.6) is 17.2 Å². The molecule has 0 bridgehead atoms. The van der Waals surface area contributed by atoms with Crippen molar-refractivity contribution in [2.75, 3.05) is 26.4 Å². The molecule has 0 aliphatic carbocycles. The van der Waals surface area contributed by atoms with E-state index in [2.05, 4.69) is 23.6 Å². The summed E-state index contributed by atoms with van der Waals surface area (Å²) in [6, 6.07) is 14.1. The molecule has 2 aromatic rings. The van der Waals surface area contributed by atoms with Crippen molar-refractivity contribution in [3.8, 4) is 17.2 Å². The SMILES string of the molecule is CCNC(=NCc1ccc2c(c1)OCCCO2)NCc1ccccc1OCC.I. The minimum Gasteiger partial charge on any atom is -0.494 e. The van der Waals surface area contributed by atoms with Gasteiger partial charge in [0.25, 0.3) is 0 Å². The zero-order chi connectivity index (χ0) is 19.6. The van der Waals surface area contributed by atoms with E-state index in [1.165, 1.54) is 0 Å². The van der Waals surface area contributed by atoms with Gasteiger partial charge in [-0.1, -0.05) is 24.3 Å². The van der Waals surface area contributed by atoms with E-state index < -0.39 is 0 Å². The number of hydrogen-bond acceptors (Lipinski definition) is 4. The predicted molar refractivity (Wildman–Crippen MR) is 127 cm³/mol. The summed E-state index contributed by atoms with van der Waals surface area (Å²) >= 11 is 0. The van der Waals surface area contributed by atoms with Crippen LogP contribution in [-0.2, 0) is 13.1 Å². The topological polar surface area (TPSA) is 64.1 Å². The number of rotatable bonds is 7. The Bertz CT molecular complexity index is 799. The lowest BCUT2D eigenvalue weighted by Crippen LogP contribution is -2.36. The van der Waals surface area contributed by atoms with E-state index in [1.807, 2.05) is 43.3 Å². The van der Waals surface area contributed by atoms with Crippen molar-refractivity contribution in [2.45, 2.75) is 33.4 Å². The van der Waals surface area contributed by atoms with Gasteiger partial charge in [0.15, 0.2) is 17.5 Å². The van der Waals surface area contributed by atoms with Crippen molar-refractivity contribution in [3.63, 3.8) is 0 Å². The molecular weight excluding hydrogens is 481 g/mol. The molecule has 29 heavy (non-hydrogen) atoms. The van der Waals surface area contributed by atoms with Crippen LogP contribution in [0.15, 0.2) is 47.5 Å². The fourth-order valence-electron chi connectivity index (χ4n) is 2.94. The number of aliphatic imine (C=N–C) groups is 1. The fourth-order valence-corrected chi connectivity index (χ4v) is 2.94. The number of nitrogens with zero attached hydrogens (tertiary/aromatic N) is 1. The molecule has 7 heteroatoms. The first-order valence-electron chi connectivity index (χ1n) is 9.91. The predicted octanol–water partition coefficient (Wildman–Crippen LogP) is 4.12. The van der Waals surface area contributed by atoms with Gasteiger partial charge in [-0.15, -0.1) is 24.0 Å². The van der Waals surface area contributed by atoms with Crippen molar-refractivity contribution in [1.82, 2.24) is 10.6 Å². The van der Waals surface area contributed by atoms with Gasteiger partial charge in [-0.05, 0) is 37.6 Å². The molecule has 1 heterocycles. The molecule has 2 aromatic carbocycles. The standard InChI is InChI=1S/C22H29N3O3.HI/c1-3-23-22(25-16-18-8-5-6-9-19(18)26-4-2)24-15-17-10-11-20-21(14-17)28-13-7-12-27-20;/h5-6,8-11,14H,3-4,7,12-13,15-16H2,1-2H3,(H2,23,24,25);1H. The molecule has 158 valence electrons. The third-order valence-electron chi connectivity index (χ3n) is 4.29. The number of fused-ring (bicyclic) bond motifs is 1. The Labute approximate surface area is 190 Å². The van der Waals surface area contributed by atoms with E-state index >= 15 is 0 Å². The first-order chi connectivity index (χ1) is 13.8. The number of hydrogen-bond donors (Lipinski definition) is 2. The van der Waals surface area contributed by atoms with Gasteiger partial charge in [-0.2, -0.15) is 0 Å². The van der Waals surface area contributed by atoms with E-state index in [1.54, 1.807) is 0 Å². The highest BCUT2D eigenvalue weighted by Crippen LogP contribution is 2.30. The number of nitrogens with one attached hydrogen (secondary N) is 2. The van der Waals surface area contributed by atoms with Crippen LogP contribution < -0.4 is 24.8 Å².